The number of hydrogen-bond donors (Lipinski definition) is 4. The minimum Gasteiger partial charge on any atom is -0.384 e. The van der Waals surface area contributed by atoms with E-state index in [-0.39, 0.29) is 37.7 Å². The Bertz CT molecular complexity index is 1070. The number of carbonyl (C=O) groups excluding carboxylic acids is 2. The summed E-state index contributed by atoms with van der Waals surface area (Å²) in [6.07, 6.45) is -1.32. The van der Waals surface area contributed by atoms with Crippen molar-refractivity contribution in [2.24, 2.45) is 5.73 Å². The van der Waals surface area contributed by atoms with E-state index >= 15 is 0 Å². The zero-order valence-electron chi connectivity index (χ0n) is 17.3. The van der Waals surface area contributed by atoms with Crippen molar-refractivity contribution in [3.63, 3.8) is 0 Å². The van der Waals surface area contributed by atoms with Crippen molar-refractivity contribution in [3.05, 3.63) is 71.3 Å². The van der Waals surface area contributed by atoms with Crippen molar-refractivity contribution in [1.29, 1.82) is 5.41 Å². The summed E-state index contributed by atoms with van der Waals surface area (Å²) < 4.78 is 30.2. The number of nitrogens with one attached hydrogen (secondary N) is 3. The first-order chi connectivity index (χ1) is 15.2. The molecule has 2 aromatic carbocycles. The third-order valence-corrected chi connectivity index (χ3v) is 5.96. The monoisotopic (exact) mass is 459 g/mol. The molecule has 11 heteroatoms. The fraction of sp³-hybridized carbons (Fsp3) is 0.286. The van der Waals surface area contributed by atoms with E-state index < -0.39 is 27.9 Å². The number of hydrazine groups is 1. The second-order valence-corrected chi connectivity index (χ2v) is 8.98. The minimum absolute atomic E-state index is 0.0440. The molecule has 1 fully saturated rings. The average Bonchev–Trinajstić information content (AvgIpc) is 2.75. The fourth-order valence-electron chi connectivity index (χ4n) is 3.12. The molecule has 2 amide bonds. The quantitative estimate of drug-likeness (QED) is 0.311. The van der Waals surface area contributed by atoms with E-state index in [1.807, 2.05) is 0 Å². The first-order valence-corrected chi connectivity index (χ1v) is 11.6. The number of nitrogens with zero attached hydrogens (tertiary/aromatic N) is 1. The maximum absolute atomic E-state index is 12.6. The van der Waals surface area contributed by atoms with Crippen LogP contribution in [0.2, 0.25) is 0 Å². The second-order valence-electron chi connectivity index (χ2n) is 7.28. The van der Waals surface area contributed by atoms with Gasteiger partial charge in [0.15, 0.2) is 0 Å². The SMILES string of the molecule is N=C(N)c1ccc(CNC(=O)C[C@H]2OCCN(NS(=O)(=O)Cc3ccccc3)C2=O)cc1. The summed E-state index contributed by atoms with van der Waals surface area (Å²) in [5.74, 6) is -1.34. The predicted octanol–water partition coefficient (Wildman–Crippen LogP) is 0.239. The van der Waals surface area contributed by atoms with Gasteiger partial charge in [0, 0.05) is 12.1 Å². The molecule has 2 aromatic rings. The fourth-order valence-corrected chi connectivity index (χ4v) is 4.33. The molecule has 0 spiro atoms. The highest BCUT2D eigenvalue weighted by Crippen LogP contribution is 2.12. The van der Waals surface area contributed by atoms with Crippen molar-refractivity contribution >= 4 is 27.7 Å². The van der Waals surface area contributed by atoms with Gasteiger partial charge in [0.25, 0.3) is 5.91 Å². The second kappa shape index (κ2) is 10.4. The first-order valence-electron chi connectivity index (χ1n) is 9.90. The van der Waals surface area contributed by atoms with Gasteiger partial charge in [-0.15, -0.1) is 4.83 Å². The lowest BCUT2D eigenvalue weighted by Gasteiger charge is -2.32. The van der Waals surface area contributed by atoms with E-state index in [9.17, 15) is 18.0 Å². The number of carbonyl (C=O) groups is 2. The van der Waals surface area contributed by atoms with Gasteiger partial charge in [-0.1, -0.05) is 54.6 Å². The van der Waals surface area contributed by atoms with Crippen LogP contribution < -0.4 is 15.9 Å². The molecule has 0 bridgehead atoms. The third-order valence-electron chi connectivity index (χ3n) is 4.75. The van der Waals surface area contributed by atoms with Crippen LogP contribution >= 0.6 is 0 Å². The average molecular weight is 460 g/mol. The number of morpholine rings is 1. The van der Waals surface area contributed by atoms with Gasteiger partial charge in [-0.05, 0) is 11.1 Å². The highest BCUT2D eigenvalue weighted by atomic mass is 32.2. The summed E-state index contributed by atoms with van der Waals surface area (Å²) in [4.78, 5) is 27.2. The smallest absolute Gasteiger partial charge is 0.267 e. The van der Waals surface area contributed by atoms with E-state index in [0.717, 1.165) is 10.6 Å². The maximum Gasteiger partial charge on any atom is 0.267 e. The summed E-state index contributed by atoms with van der Waals surface area (Å²) in [6.45, 7) is 0.378. The number of ether oxygens (including phenoxy) is 1. The number of rotatable bonds is 9. The molecule has 0 aliphatic carbocycles. The van der Waals surface area contributed by atoms with E-state index in [2.05, 4.69) is 10.1 Å². The third kappa shape index (κ3) is 6.61. The van der Waals surface area contributed by atoms with Gasteiger partial charge in [0.2, 0.25) is 15.9 Å². The molecule has 0 saturated carbocycles. The largest absolute Gasteiger partial charge is 0.384 e. The molecule has 0 aromatic heterocycles. The number of hydrogen-bond acceptors (Lipinski definition) is 6. The van der Waals surface area contributed by atoms with Gasteiger partial charge in [0.1, 0.15) is 11.9 Å². The zero-order chi connectivity index (χ0) is 23.1. The Morgan fingerprint density at radius 1 is 1.12 bits per heavy atom. The highest BCUT2D eigenvalue weighted by molar-refractivity contribution is 7.88. The van der Waals surface area contributed by atoms with Gasteiger partial charge in [-0.3, -0.25) is 20.0 Å². The van der Waals surface area contributed by atoms with E-state index in [1.54, 1.807) is 54.6 Å². The summed E-state index contributed by atoms with van der Waals surface area (Å²) in [6, 6.07) is 15.4. The molecule has 1 aliphatic rings. The van der Waals surface area contributed by atoms with E-state index in [4.69, 9.17) is 15.9 Å². The van der Waals surface area contributed by atoms with Gasteiger partial charge in [-0.2, -0.15) is 0 Å². The lowest BCUT2D eigenvalue weighted by molar-refractivity contribution is -0.157. The number of amidine groups is 1. The summed E-state index contributed by atoms with van der Waals surface area (Å²) in [7, 11) is -3.80. The molecule has 32 heavy (non-hydrogen) atoms. The molecule has 1 atom stereocenters. The summed E-state index contributed by atoms with van der Waals surface area (Å²) in [5.41, 5.74) is 7.38. The topological polar surface area (TPSA) is 155 Å². The summed E-state index contributed by atoms with van der Waals surface area (Å²) in [5, 5.41) is 11.1. The number of nitrogens with two attached hydrogens (primary N) is 1. The molecular weight excluding hydrogens is 434 g/mol. The van der Waals surface area contributed by atoms with Gasteiger partial charge < -0.3 is 15.8 Å². The van der Waals surface area contributed by atoms with Crippen LogP contribution in [0.4, 0.5) is 0 Å². The maximum atomic E-state index is 12.6. The molecule has 1 heterocycles. The Morgan fingerprint density at radius 2 is 1.81 bits per heavy atom. The number of benzene rings is 2. The minimum atomic E-state index is -3.80. The molecule has 1 aliphatic heterocycles. The van der Waals surface area contributed by atoms with Crippen molar-refractivity contribution in [3.8, 4) is 0 Å². The highest BCUT2D eigenvalue weighted by Gasteiger charge is 2.33. The van der Waals surface area contributed by atoms with Crippen LogP contribution in [-0.4, -0.2) is 50.3 Å². The Kier molecular flexibility index (Phi) is 7.57. The van der Waals surface area contributed by atoms with Crippen LogP contribution in [0, 0.1) is 5.41 Å². The Labute approximate surface area is 186 Å². The van der Waals surface area contributed by atoms with E-state index in [0.29, 0.717) is 11.1 Å². The van der Waals surface area contributed by atoms with E-state index in [1.165, 1.54) is 0 Å². The Balaban J connectivity index is 1.51. The van der Waals surface area contributed by atoms with Crippen molar-refractivity contribution in [2.75, 3.05) is 13.2 Å². The van der Waals surface area contributed by atoms with Crippen molar-refractivity contribution in [2.45, 2.75) is 24.8 Å². The molecular formula is C21H25N5O5S. The lowest BCUT2D eigenvalue weighted by atomic mass is 10.1. The standard InChI is InChI=1S/C21H25N5O5S/c22-20(23)17-8-6-15(7-9-17)13-24-19(27)12-18-21(28)26(10-11-31-18)25-32(29,30)14-16-4-2-1-3-5-16/h1-9,18,25H,10-14H2,(H3,22,23)(H,24,27)/t18-/m1/s1. The zero-order valence-corrected chi connectivity index (χ0v) is 18.1. The van der Waals surface area contributed by atoms with Crippen molar-refractivity contribution < 1.29 is 22.7 Å². The molecule has 0 unspecified atom stereocenters. The normalized spacial score (nSPS) is 16.6. The molecule has 10 nitrogen and oxygen atoms in total. The van der Waals surface area contributed by atoms with Crippen LogP contribution in [-0.2, 0) is 36.6 Å². The molecule has 0 radical (unpaired) electrons. The number of nitrogen functional groups attached to an aromatic ring is 1. The molecule has 1 saturated heterocycles. The van der Waals surface area contributed by atoms with Gasteiger partial charge in [-0.25, -0.2) is 8.42 Å². The predicted molar refractivity (Wildman–Crippen MR) is 118 cm³/mol. The van der Waals surface area contributed by atoms with Crippen LogP contribution in [0.1, 0.15) is 23.1 Å². The molecule has 170 valence electrons. The molecule has 5 N–H and O–H groups in total. The number of amides is 2. The van der Waals surface area contributed by atoms with Crippen LogP contribution in [0.3, 0.4) is 0 Å². The van der Waals surface area contributed by atoms with Crippen LogP contribution in [0.5, 0.6) is 0 Å². The number of sulfonamides is 1. The van der Waals surface area contributed by atoms with Gasteiger partial charge >= 0.3 is 0 Å². The van der Waals surface area contributed by atoms with Gasteiger partial charge in [0.05, 0.1) is 25.3 Å². The van der Waals surface area contributed by atoms with Crippen LogP contribution in [0.25, 0.3) is 0 Å². The van der Waals surface area contributed by atoms with Crippen LogP contribution in [0.15, 0.2) is 54.6 Å². The lowest BCUT2D eigenvalue weighted by Crippen LogP contribution is -2.56. The summed E-state index contributed by atoms with van der Waals surface area (Å²) >= 11 is 0. The van der Waals surface area contributed by atoms with Crippen molar-refractivity contribution in [1.82, 2.24) is 15.2 Å². The Hall–Kier alpha value is -3.28. The first kappa shape index (κ1) is 23.4. The Morgan fingerprint density at radius 3 is 2.47 bits per heavy atom. The molecule has 3 rings (SSSR count).